The molecule has 6 aliphatic rings. The average Bonchev–Trinajstić information content (AvgIpc) is 4.02. The summed E-state index contributed by atoms with van der Waals surface area (Å²) in [5.74, 6) is 1.46. The molecule has 1 heterocycles. The SMILES string of the molecule is C1=C(C2CCCC2)[CH]([Hf+2]2([CH]3C(C4CCCC4)=Cc4c(-c5c6ccccc6cc6ccccc56)cccc43)[CH]3CCCC[CH]32)c2cccc(-c3c4ccccc4cc4ccccc34)c21.[Cl-].[Cl-]. The van der Waals surface area contributed by atoms with E-state index < -0.39 is 20.0 Å². The van der Waals surface area contributed by atoms with Gasteiger partial charge < -0.3 is 24.8 Å². The summed E-state index contributed by atoms with van der Waals surface area (Å²) >= 11 is -3.55. The molecule has 1 aliphatic heterocycles. The van der Waals surface area contributed by atoms with Crippen LogP contribution in [-0.4, -0.2) is 0 Å². The van der Waals surface area contributed by atoms with Crippen molar-refractivity contribution >= 4 is 55.2 Å². The second-order valence-corrected chi connectivity index (χ2v) is 37.3. The van der Waals surface area contributed by atoms with Crippen molar-refractivity contribution in [1.82, 2.24) is 0 Å². The molecule has 0 aromatic heterocycles. The normalized spacial score (nSPS) is 23.7. The van der Waals surface area contributed by atoms with Crippen molar-refractivity contribution < 1.29 is 44.8 Å². The number of hydrogen-bond acceptors (Lipinski definition) is 0. The Hall–Kier alpha value is -4.27. The van der Waals surface area contributed by atoms with Crippen molar-refractivity contribution in [2.45, 2.75) is 91.7 Å². The van der Waals surface area contributed by atoms with Gasteiger partial charge in [-0.05, 0) is 0 Å². The molecule has 1 saturated heterocycles. The maximum Gasteiger partial charge on any atom is -1.00 e. The summed E-state index contributed by atoms with van der Waals surface area (Å²) in [7, 11) is 0. The topological polar surface area (TPSA) is 0 Å². The monoisotopic (exact) mass is 1050 g/mol. The zero-order chi connectivity index (χ0) is 41.2. The van der Waals surface area contributed by atoms with E-state index in [4.69, 9.17) is 0 Å². The molecule has 14 rings (SSSR count). The first kappa shape index (κ1) is 42.1. The van der Waals surface area contributed by atoms with Crippen LogP contribution >= 0.6 is 0 Å². The summed E-state index contributed by atoms with van der Waals surface area (Å²) in [6, 6.07) is 57.1. The van der Waals surface area contributed by atoms with E-state index in [-0.39, 0.29) is 24.8 Å². The first-order valence-corrected chi connectivity index (χ1v) is 33.1. The van der Waals surface area contributed by atoms with Crippen LogP contribution in [0.4, 0.5) is 0 Å². The Morgan fingerprint density at radius 1 is 0.354 bits per heavy atom. The number of fused-ring (bicyclic) bond motifs is 7. The zero-order valence-electron chi connectivity index (χ0n) is 37.2. The van der Waals surface area contributed by atoms with Gasteiger partial charge in [0, 0.05) is 0 Å². The van der Waals surface area contributed by atoms with Gasteiger partial charge in [-0.25, -0.2) is 0 Å². The quantitative estimate of drug-likeness (QED) is 0.115. The molecule has 3 heteroatoms. The van der Waals surface area contributed by atoms with Gasteiger partial charge in [0.2, 0.25) is 0 Å². The van der Waals surface area contributed by atoms with E-state index in [0.717, 1.165) is 19.2 Å². The van der Waals surface area contributed by atoms with Crippen LogP contribution < -0.4 is 24.8 Å². The number of allylic oxidation sites excluding steroid dienone is 2. The second-order valence-electron chi connectivity index (χ2n) is 20.6. The summed E-state index contributed by atoms with van der Waals surface area (Å²) in [6.07, 6.45) is 22.7. The van der Waals surface area contributed by atoms with Gasteiger partial charge in [-0.15, -0.1) is 0 Å². The Kier molecular flexibility index (Phi) is 10.7. The molecule has 4 atom stereocenters. The minimum atomic E-state index is -3.55. The summed E-state index contributed by atoms with van der Waals surface area (Å²) < 4.78 is 3.31. The second kappa shape index (κ2) is 16.5. The summed E-state index contributed by atoms with van der Waals surface area (Å²) in [6.45, 7) is 0. The van der Waals surface area contributed by atoms with Crippen LogP contribution in [0.3, 0.4) is 0 Å². The van der Waals surface area contributed by atoms with E-state index >= 15 is 0 Å². The third-order valence-corrected chi connectivity index (χ3v) is 42.5. The molecular formula is C62H56Cl2Hf. The minimum absolute atomic E-state index is 0. The molecule has 0 radical (unpaired) electrons. The molecular weight excluding hydrogens is 994 g/mol. The fraction of sp³-hybridized carbons (Fsp3) is 0.290. The van der Waals surface area contributed by atoms with Crippen LogP contribution in [0.1, 0.15) is 107 Å². The maximum atomic E-state index is 2.88. The minimum Gasteiger partial charge on any atom is -1.00 e. The van der Waals surface area contributed by atoms with Crippen LogP contribution in [0.15, 0.2) is 157 Å². The van der Waals surface area contributed by atoms with Gasteiger partial charge in [-0.1, -0.05) is 0 Å². The Balaban J connectivity index is 0.00000222. The molecule has 3 saturated carbocycles. The number of rotatable bonds is 6. The van der Waals surface area contributed by atoms with E-state index in [1.54, 1.807) is 22.3 Å². The number of hydrogen-bond donors (Lipinski definition) is 0. The third kappa shape index (κ3) is 6.23. The van der Waals surface area contributed by atoms with E-state index in [1.807, 2.05) is 11.1 Å². The molecule has 0 nitrogen and oxygen atoms in total. The Labute approximate surface area is 401 Å². The first-order valence-electron chi connectivity index (χ1n) is 24.8. The predicted octanol–water partition coefficient (Wildman–Crippen LogP) is 11.9. The largest absolute Gasteiger partial charge is 1.00 e. The van der Waals surface area contributed by atoms with Gasteiger partial charge in [0.1, 0.15) is 0 Å². The number of halogens is 2. The summed E-state index contributed by atoms with van der Waals surface area (Å²) in [5, 5.41) is 11.0. The molecule has 8 aromatic rings. The van der Waals surface area contributed by atoms with E-state index in [9.17, 15) is 0 Å². The molecule has 8 aromatic carbocycles. The smallest absolute Gasteiger partial charge is 1.00 e. The Morgan fingerprint density at radius 3 is 1.06 bits per heavy atom. The van der Waals surface area contributed by atoms with Crippen molar-refractivity contribution in [1.29, 1.82) is 0 Å². The van der Waals surface area contributed by atoms with Crippen molar-refractivity contribution in [3.63, 3.8) is 0 Å². The van der Waals surface area contributed by atoms with Crippen LogP contribution in [0.25, 0.3) is 77.5 Å². The van der Waals surface area contributed by atoms with Crippen LogP contribution in [0, 0.1) is 11.8 Å². The van der Waals surface area contributed by atoms with Gasteiger partial charge in [-0.3, -0.25) is 0 Å². The molecule has 322 valence electrons. The van der Waals surface area contributed by atoms with Gasteiger partial charge in [0.25, 0.3) is 0 Å². The molecule has 65 heavy (non-hydrogen) atoms. The van der Waals surface area contributed by atoms with E-state index in [0.29, 0.717) is 7.35 Å². The number of benzene rings is 8. The van der Waals surface area contributed by atoms with E-state index in [2.05, 4.69) is 158 Å². The van der Waals surface area contributed by atoms with Crippen LogP contribution in [0.2, 0.25) is 7.35 Å². The van der Waals surface area contributed by atoms with Crippen LogP contribution in [0.5, 0.6) is 0 Å². The van der Waals surface area contributed by atoms with Gasteiger partial charge in [-0.2, -0.15) is 0 Å². The van der Waals surface area contributed by atoms with Gasteiger partial charge in [0.15, 0.2) is 0 Å². The molecule has 0 spiro atoms. The molecule has 0 bridgehead atoms. The molecule has 0 amide bonds. The first-order chi connectivity index (χ1) is 31.3. The Morgan fingerprint density at radius 2 is 0.692 bits per heavy atom. The molecule has 4 fully saturated rings. The zero-order valence-corrected chi connectivity index (χ0v) is 42.3. The standard InChI is InChI=1S/2C28H23.C6H10.2ClH.Hf/c2*1-2-9-19(8-1)23-17-22-12-7-15-26(27(22)18-23)28-24-13-5-3-10-20(24)16-21-11-4-6-14-25(21)28;1-2-4-6-5-3-1;;;/h2*3-7,10-19H,1-2,8-9H2;1-2H,3-6H2;2*1H;/q;;;;;+2/p-2. The van der Waals surface area contributed by atoms with Crippen molar-refractivity contribution in [3.8, 4) is 22.3 Å². The average molecular weight is 1050 g/mol. The molecule has 0 N–H and O–H groups in total. The molecule has 5 aliphatic carbocycles. The van der Waals surface area contributed by atoms with Crippen molar-refractivity contribution in [2.75, 3.05) is 0 Å². The predicted molar refractivity (Wildman–Crippen MR) is 265 cm³/mol. The molecule has 4 unspecified atom stereocenters. The van der Waals surface area contributed by atoms with E-state index in [1.165, 1.54) is 142 Å². The van der Waals surface area contributed by atoms with Crippen LogP contribution in [-0.2, 0) is 20.0 Å². The Bertz CT molecular complexity index is 2930. The van der Waals surface area contributed by atoms with Crippen molar-refractivity contribution in [2.24, 2.45) is 11.8 Å². The third-order valence-electron chi connectivity index (χ3n) is 17.9. The fourth-order valence-electron chi connectivity index (χ4n) is 15.5. The van der Waals surface area contributed by atoms with Gasteiger partial charge >= 0.3 is 380 Å². The summed E-state index contributed by atoms with van der Waals surface area (Å²) in [5.41, 5.74) is 16.4. The fourth-order valence-corrected chi connectivity index (χ4v) is 51.1. The van der Waals surface area contributed by atoms with Gasteiger partial charge in [0.05, 0.1) is 0 Å². The summed E-state index contributed by atoms with van der Waals surface area (Å²) in [4.78, 5) is 0. The maximum absolute atomic E-state index is 3.55. The van der Waals surface area contributed by atoms with Crippen molar-refractivity contribution in [3.05, 3.63) is 179 Å².